The van der Waals surface area contributed by atoms with Crippen LogP contribution in [0, 0.1) is 0 Å². The van der Waals surface area contributed by atoms with Crippen molar-refractivity contribution in [2.24, 2.45) is 4.99 Å². The second kappa shape index (κ2) is 13.3. The van der Waals surface area contributed by atoms with E-state index in [-0.39, 0.29) is 30.1 Å². The Bertz CT molecular complexity index is 512. The first kappa shape index (κ1) is 23.2. The molecular weight excluding hydrogens is 439 g/mol. The van der Waals surface area contributed by atoms with Gasteiger partial charge in [0.2, 0.25) is 0 Å². The van der Waals surface area contributed by atoms with E-state index in [2.05, 4.69) is 60.7 Å². The molecule has 1 aliphatic rings. The molecule has 1 aliphatic heterocycles. The summed E-state index contributed by atoms with van der Waals surface area (Å²) in [5, 5.41) is 6.74. The zero-order valence-corrected chi connectivity index (χ0v) is 18.7. The first-order valence-corrected chi connectivity index (χ1v) is 9.59. The smallest absolute Gasteiger partial charge is 0.191 e. The van der Waals surface area contributed by atoms with Gasteiger partial charge in [-0.2, -0.15) is 0 Å². The number of benzene rings is 1. The van der Waals surface area contributed by atoms with E-state index in [9.17, 15) is 0 Å². The van der Waals surface area contributed by atoms with Gasteiger partial charge in [0.15, 0.2) is 5.96 Å². The van der Waals surface area contributed by atoms with Crippen molar-refractivity contribution in [2.45, 2.75) is 45.3 Å². The number of rotatable bonds is 9. The average Bonchev–Trinajstić information content (AvgIpc) is 3.04. The minimum absolute atomic E-state index is 0. The van der Waals surface area contributed by atoms with Crippen molar-refractivity contribution in [3.63, 3.8) is 0 Å². The molecule has 2 N–H and O–H groups in total. The number of halogens is 1. The van der Waals surface area contributed by atoms with Gasteiger partial charge in [0.05, 0.1) is 12.6 Å². The highest BCUT2D eigenvalue weighted by molar-refractivity contribution is 14.0. The molecule has 148 valence electrons. The van der Waals surface area contributed by atoms with Crippen molar-refractivity contribution in [3.8, 4) is 0 Å². The molecule has 1 saturated heterocycles. The Labute approximate surface area is 176 Å². The molecule has 1 aromatic carbocycles. The van der Waals surface area contributed by atoms with Crippen LogP contribution in [0.5, 0.6) is 0 Å². The number of hydrogen-bond donors (Lipinski definition) is 2. The van der Waals surface area contributed by atoms with E-state index in [4.69, 9.17) is 9.73 Å². The molecule has 0 amide bonds. The maximum absolute atomic E-state index is 5.92. The number of likely N-dealkylation sites (tertiary alicyclic amines) is 1. The SMILES string of the molecule is CCNC(=NCC1CCCN1C)NCCCOC(C)c1ccccc1.I. The second-order valence-corrected chi connectivity index (χ2v) is 6.70. The summed E-state index contributed by atoms with van der Waals surface area (Å²) in [5.41, 5.74) is 1.23. The van der Waals surface area contributed by atoms with E-state index in [1.165, 1.54) is 24.9 Å². The minimum atomic E-state index is 0. The van der Waals surface area contributed by atoms with Crippen molar-refractivity contribution in [3.05, 3.63) is 35.9 Å². The van der Waals surface area contributed by atoms with Crippen molar-refractivity contribution < 1.29 is 4.74 Å². The fourth-order valence-electron chi connectivity index (χ4n) is 3.11. The molecule has 0 radical (unpaired) electrons. The largest absolute Gasteiger partial charge is 0.374 e. The molecule has 6 heteroatoms. The number of likely N-dealkylation sites (N-methyl/N-ethyl adjacent to an activating group) is 1. The lowest BCUT2D eigenvalue weighted by Crippen LogP contribution is -2.39. The van der Waals surface area contributed by atoms with Gasteiger partial charge < -0.3 is 20.3 Å². The molecule has 0 aliphatic carbocycles. The first-order chi connectivity index (χ1) is 12.2. The molecule has 0 saturated carbocycles. The maximum Gasteiger partial charge on any atom is 0.191 e. The van der Waals surface area contributed by atoms with E-state index >= 15 is 0 Å². The van der Waals surface area contributed by atoms with Crippen molar-refractivity contribution in [2.75, 3.05) is 39.8 Å². The van der Waals surface area contributed by atoms with Crippen LogP contribution in [0.4, 0.5) is 0 Å². The summed E-state index contributed by atoms with van der Waals surface area (Å²) >= 11 is 0. The lowest BCUT2D eigenvalue weighted by Gasteiger charge is -2.18. The van der Waals surface area contributed by atoms with Crippen molar-refractivity contribution in [1.29, 1.82) is 0 Å². The zero-order valence-electron chi connectivity index (χ0n) is 16.4. The average molecular weight is 474 g/mol. The van der Waals surface area contributed by atoms with E-state index in [1.54, 1.807) is 0 Å². The van der Waals surface area contributed by atoms with E-state index in [1.807, 2.05) is 6.07 Å². The van der Waals surface area contributed by atoms with Crippen molar-refractivity contribution >= 4 is 29.9 Å². The fourth-order valence-corrected chi connectivity index (χ4v) is 3.11. The highest BCUT2D eigenvalue weighted by Crippen LogP contribution is 2.16. The predicted molar refractivity (Wildman–Crippen MR) is 120 cm³/mol. The standard InChI is InChI=1S/C20H34N4O.HI/c1-4-21-20(23-16-19-12-8-14-24(19)3)22-13-9-15-25-17(2)18-10-6-5-7-11-18;/h5-7,10-11,17,19H,4,8-9,12-16H2,1-3H3,(H2,21,22,23);1H. The topological polar surface area (TPSA) is 48.9 Å². The number of hydrogen-bond acceptors (Lipinski definition) is 3. The normalized spacial score (nSPS) is 19.0. The van der Waals surface area contributed by atoms with Gasteiger partial charge in [-0.15, -0.1) is 24.0 Å². The van der Waals surface area contributed by atoms with Gasteiger partial charge >= 0.3 is 0 Å². The monoisotopic (exact) mass is 474 g/mol. The Morgan fingerprint density at radius 3 is 2.73 bits per heavy atom. The molecule has 0 spiro atoms. The molecule has 1 fully saturated rings. The highest BCUT2D eigenvalue weighted by atomic mass is 127. The zero-order chi connectivity index (χ0) is 17.9. The fraction of sp³-hybridized carbons (Fsp3) is 0.650. The third-order valence-electron chi connectivity index (χ3n) is 4.73. The molecule has 1 aromatic rings. The minimum Gasteiger partial charge on any atom is -0.374 e. The molecule has 1 heterocycles. The number of guanidine groups is 1. The van der Waals surface area contributed by atoms with Crippen LogP contribution in [0.3, 0.4) is 0 Å². The summed E-state index contributed by atoms with van der Waals surface area (Å²) in [4.78, 5) is 7.15. The van der Waals surface area contributed by atoms with Crippen LogP contribution in [-0.2, 0) is 4.74 Å². The number of nitrogens with one attached hydrogen (secondary N) is 2. The molecule has 5 nitrogen and oxygen atoms in total. The van der Waals surface area contributed by atoms with Gasteiger partial charge in [-0.1, -0.05) is 30.3 Å². The molecule has 2 unspecified atom stereocenters. The van der Waals surface area contributed by atoms with Gasteiger partial charge in [-0.05, 0) is 52.3 Å². The number of ether oxygens (including phenoxy) is 1. The van der Waals surface area contributed by atoms with Gasteiger partial charge in [-0.3, -0.25) is 4.99 Å². The summed E-state index contributed by atoms with van der Waals surface area (Å²) in [6, 6.07) is 10.9. The summed E-state index contributed by atoms with van der Waals surface area (Å²) in [6.07, 6.45) is 3.65. The Hall–Kier alpha value is -0.860. The molecule has 26 heavy (non-hydrogen) atoms. The van der Waals surface area contributed by atoms with E-state index in [0.29, 0.717) is 6.04 Å². The number of aliphatic imine (C=N–C) groups is 1. The lowest BCUT2D eigenvalue weighted by molar-refractivity contribution is 0.0646. The quantitative estimate of drug-likeness (QED) is 0.249. The molecule has 2 atom stereocenters. The van der Waals surface area contributed by atoms with Crippen LogP contribution in [0.25, 0.3) is 0 Å². The lowest BCUT2D eigenvalue weighted by atomic mass is 10.1. The Morgan fingerprint density at radius 1 is 1.31 bits per heavy atom. The predicted octanol–water partition coefficient (Wildman–Crippen LogP) is 3.42. The third-order valence-corrected chi connectivity index (χ3v) is 4.73. The van der Waals surface area contributed by atoms with Gasteiger partial charge in [0.1, 0.15) is 0 Å². The van der Waals surface area contributed by atoms with Crippen LogP contribution in [0.15, 0.2) is 35.3 Å². The van der Waals surface area contributed by atoms with Crippen LogP contribution < -0.4 is 10.6 Å². The number of nitrogens with zero attached hydrogens (tertiary/aromatic N) is 2. The third kappa shape index (κ3) is 8.22. The first-order valence-electron chi connectivity index (χ1n) is 9.59. The van der Waals surface area contributed by atoms with Crippen LogP contribution in [0.2, 0.25) is 0 Å². The van der Waals surface area contributed by atoms with Crippen LogP contribution in [0.1, 0.15) is 44.8 Å². The highest BCUT2D eigenvalue weighted by Gasteiger charge is 2.20. The molecule has 0 aromatic heterocycles. The van der Waals surface area contributed by atoms with Crippen LogP contribution in [-0.4, -0.2) is 56.7 Å². The van der Waals surface area contributed by atoms with Gasteiger partial charge in [0, 0.05) is 25.7 Å². The molecule has 0 bridgehead atoms. The maximum atomic E-state index is 5.92. The summed E-state index contributed by atoms with van der Waals surface area (Å²) in [6.45, 7) is 8.76. The van der Waals surface area contributed by atoms with E-state index in [0.717, 1.165) is 38.6 Å². The van der Waals surface area contributed by atoms with Gasteiger partial charge in [0.25, 0.3) is 0 Å². The molecular formula is C20H35IN4O. The summed E-state index contributed by atoms with van der Waals surface area (Å²) < 4.78 is 5.92. The summed E-state index contributed by atoms with van der Waals surface area (Å²) in [5.74, 6) is 0.916. The second-order valence-electron chi connectivity index (χ2n) is 6.70. The van der Waals surface area contributed by atoms with Crippen molar-refractivity contribution in [1.82, 2.24) is 15.5 Å². The van der Waals surface area contributed by atoms with Gasteiger partial charge in [-0.25, -0.2) is 0 Å². The summed E-state index contributed by atoms with van der Waals surface area (Å²) in [7, 11) is 2.19. The Morgan fingerprint density at radius 2 is 2.08 bits per heavy atom. The van der Waals surface area contributed by atoms with Crippen LogP contribution >= 0.6 is 24.0 Å². The Balaban J connectivity index is 0.00000338. The Kier molecular flexibility index (Phi) is 11.9. The van der Waals surface area contributed by atoms with E-state index < -0.39 is 0 Å². The molecule has 2 rings (SSSR count).